The number of rotatable bonds is 7. The van der Waals surface area contributed by atoms with Crippen LogP contribution in [0, 0.1) is 11.7 Å². The van der Waals surface area contributed by atoms with Crippen LogP contribution in [-0.2, 0) is 11.3 Å². The van der Waals surface area contributed by atoms with Gasteiger partial charge in [-0.1, -0.05) is 22.0 Å². The van der Waals surface area contributed by atoms with Crippen molar-refractivity contribution in [1.29, 1.82) is 0 Å². The van der Waals surface area contributed by atoms with E-state index < -0.39 is 0 Å². The highest BCUT2D eigenvalue weighted by Crippen LogP contribution is 2.28. The normalized spacial score (nSPS) is 15.3. The van der Waals surface area contributed by atoms with E-state index >= 15 is 0 Å². The van der Waals surface area contributed by atoms with Gasteiger partial charge in [-0.25, -0.2) is 4.39 Å². The molecule has 0 aromatic heterocycles. The molecule has 0 bridgehead atoms. The van der Waals surface area contributed by atoms with E-state index in [1.807, 2.05) is 19.2 Å². The predicted octanol–water partition coefficient (Wildman–Crippen LogP) is 3.45. The molecule has 0 saturated heterocycles. The highest BCUT2D eigenvalue weighted by atomic mass is 79.9. The molecule has 0 atom stereocenters. The lowest BCUT2D eigenvalue weighted by atomic mass is 10.2. The minimum atomic E-state index is -0.157. The third-order valence-electron chi connectivity index (χ3n) is 3.12. The van der Waals surface area contributed by atoms with Crippen molar-refractivity contribution in [3.63, 3.8) is 0 Å². The average Bonchev–Trinajstić information content (AvgIpc) is 3.12. The van der Waals surface area contributed by atoms with Crippen molar-refractivity contribution in [3.8, 4) is 0 Å². The second-order valence-corrected chi connectivity index (χ2v) is 5.91. The van der Waals surface area contributed by atoms with Crippen molar-refractivity contribution in [1.82, 2.24) is 4.90 Å². The molecule has 100 valence electrons. The van der Waals surface area contributed by atoms with Crippen molar-refractivity contribution < 1.29 is 9.13 Å². The quantitative estimate of drug-likeness (QED) is 0.715. The highest BCUT2D eigenvalue weighted by molar-refractivity contribution is 9.10. The third-order valence-corrected chi connectivity index (χ3v) is 3.62. The van der Waals surface area contributed by atoms with Gasteiger partial charge in [-0.3, -0.25) is 4.90 Å². The van der Waals surface area contributed by atoms with E-state index in [0.717, 1.165) is 35.7 Å². The molecule has 0 N–H and O–H groups in total. The zero-order chi connectivity index (χ0) is 13.0. The van der Waals surface area contributed by atoms with Crippen molar-refractivity contribution in [2.75, 3.05) is 26.8 Å². The lowest BCUT2D eigenvalue weighted by Crippen LogP contribution is -2.23. The predicted molar refractivity (Wildman–Crippen MR) is 74.0 cm³/mol. The molecule has 0 aliphatic heterocycles. The maximum absolute atomic E-state index is 13.6. The fourth-order valence-corrected chi connectivity index (χ4v) is 2.11. The molecule has 1 aromatic carbocycles. The molecule has 4 heteroatoms. The Hall–Kier alpha value is -0.450. The Morgan fingerprint density at radius 3 is 2.89 bits per heavy atom. The molecule has 1 fully saturated rings. The largest absolute Gasteiger partial charge is 0.380 e. The highest BCUT2D eigenvalue weighted by Gasteiger charge is 2.20. The van der Waals surface area contributed by atoms with Crippen LogP contribution in [0.15, 0.2) is 22.7 Å². The van der Waals surface area contributed by atoms with Gasteiger partial charge >= 0.3 is 0 Å². The number of hydrogen-bond donors (Lipinski definition) is 0. The molecule has 1 aromatic rings. The van der Waals surface area contributed by atoms with Crippen LogP contribution < -0.4 is 0 Å². The summed E-state index contributed by atoms with van der Waals surface area (Å²) in [4.78, 5) is 2.08. The first kappa shape index (κ1) is 14.0. The molecule has 0 heterocycles. The molecule has 0 spiro atoms. The molecule has 2 nitrogen and oxygen atoms in total. The third kappa shape index (κ3) is 4.67. The summed E-state index contributed by atoms with van der Waals surface area (Å²) in [7, 11) is 1.99. The summed E-state index contributed by atoms with van der Waals surface area (Å²) in [6.07, 6.45) is 2.64. The van der Waals surface area contributed by atoms with Gasteiger partial charge in [-0.05, 0) is 37.9 Å². The summed E-state index contributed by atoms with van der Waals surface area (Å²) in [5.41, 5.74) is 0.725. The van der Waals surface area contributed by atoms with Gasteiger partial charge in [-0.15, -0.1) is 0 Å². The van der Waals surface area contributed by atoms with Gasteiger partial charge in [0.1, 0.15) is 5.82 Å². The van der Waals surface area contributed by atoms with Crippen LogP contribution in [-0.4, -0.2) is 31.7 Å². The van der Waals surface area contributed by atoms with Gasteiger partial charge in [0.2, 0.25) is 0 Å². The van der Waals surface area contributed by atoms with E-state index in [1.165, 1.54) is 18.9 Å². The summed E-state index contributed by atoms with van der Waals surface area (Å²) < 4.78 is 20.0. The number of hydrogen-bond acceptors (Lipinski definition) is 2. The van der Waals surface area contributed by atoms with E-state index in [9.17, 15) is 4.39 Å². The van der Waals surface area contributed by atoms with E-state index in [2.05, 4.69) is 20.8 Å². The summed E-state index contributed by atoms with van der Waals surface area (Å²) >= 11 is 3.26. The first-order chi connectivity index (χ1) is 8.65. The Balaban J connectivity index is 1.70. The number of benzene rings is 1. The van der Waals surface area contributed by atoms with Gasteiger partial charge in [-0.2, -0.15) is 0 Å². The number of likely N-dealkylation sites (N-methyl/N-ethyl adjacent to an activating group) is 1. The van der Waals surface area contributed by atoms with Crippen molar-refractivity contribution in [2.45, 2.75) is 19.4 Å². The summed E-state index contributed by atoms with van der Waals surface area (Å²) in [6, 6.07) is 5.20. The topological polar surface area (TPSA) is 12.5 Å². The van der Waals surface area contributed by atoms with E-state index in [0.29, 0.717) is 6.54 Å². The van der Waals surface area contributed by atoms with Gasteiger partial charge < -0.3 is 4.74 Å². The Bertz CT molecular complexity index is 395. The Morgan fingerprint density at radius 2 is 2.22 bits per heavy atom. The molecule has 18 heavy (non-hydrogen) atoms. The van der Waals surface area contributed by atoms with Crippen LogP contribution in [0.25, 0.3) is 0 Å². The standard InChI is InChI=1S/C14H19BrFNO/c1-17(6-7-18-10-11-2-3-11)9-12-4-5-13(15)8-14(12)16/h4-5,8,11H,2-3,6-7,9-10H2,1H3. The maximum atomic E-state index is 13.6. The summed E-state index contributed by atoms with van der Waals surface area (Å²) in [5, 5.41) is 0. The van der Waals surface area contributed by atoms with Crippen molar-refractivity contribution >= 4 is 15.9 Å². The minimum absolute atomic E-state index is 0.157. The Labute approximate surface area is 116 Å². The van der Waals surface area contributed by atoms with Crippen LogP contribution in [0.2, 0.25) is 0 Å². The van der Waals surface area contributed by atoms with E-state index in [4.69, 9.17) is 4.74 Å². The summed E-state index contributed by atoms with van der Waals surface area (Å²) in [6.45, 7) is 3.07. The van der Waals surface area contributed by atoms with Crippen LogP contribution in [0.5, 0.6) is 0 Å². The van der Waals surface area contributed by atoms with Crippen LogP contribution >= 0.6 is 15.9 Å². The first-order valence-electron chi connectivity index (χ1n) is 6.35. The molecule has 0 unspecified atom stereocenters. The second kappa shape index (κ2) is 6.64. The molecular weight excluding hydrogens is 297 g/mol. The number of ether oxygens (including phenoxy) is 1. The first-order valence-corrected chi connectivity index (χ1v) is 7.14. The molecule has 0 radical (unpaired) electrons. The van der Waals surface area contributed by atoms with Gasteiger partial charge in [0.15, 0.2) is 0 Å². The van der Waals surface area contributed by atoms with Crippen LogP contribution in [0.3, 0.4) is 0 Å². The zero-order valence-corrected chi connectivity index (χ0v) is 12.2. The van der Waals surface area contributed by atoms with Crippen molar-refractivity contribution in [2.24, 2.45) is 5.92 Å². The zero-order valence-electron chi connectivity index (χ0n) is 10.7. The van der Waals surface area contributed by atoms with Crippen LogP contribution in [0.1, 0.15) is 18.4 Å². The Kier molecular flexibility index (Phi) is 5.15. The van der Waals surface area contributed by atoms with Gasteiger partial charge in [0, 0.05) is 29.7 Å². The lowest BCUT2D eigenvalue weighted by molar-refractivity contribution is 0.101. The summed E-state index contributed by atoms with van der Waals surface area (Å²) in [5.74, 6) is 0.648. The number of nitrogens with zero attached hydrogens (tertiary/aromatic N) is 1. The molecule has 1 aliphatic rings. The molecule has 0 amide bonds. The lowest BCUT2D eigenvalue weighted by Gasteiger charge is -2.17. The fourth-order valence-electron chi connectivity index (χ4n) is 1.77. The maximum Gasteiger partial charge on any atom is 0.128 e. The van der Waals surface area contributed by atoms with Gasteiger partial charge in [0.05, 0.1) is 6.61 Å². The van der Waals surface area contributed by atoms with Crippen LogP contribution in [0.4, 0.5) is 4.39 Å². The monoisotopic (exact) mass is 315 g/mol. The smallest absolute Gasteiger partial charge is 0.128 e. The Morgan fingerprint density at radius 1 is 1.44 bits per heavy atom. The fraction of sp³-hybridized carbons (Fsp3) is 0.571. The average molecular weight is 316 g/mol. The SMILES string of the molecule is CN(CCOCC1CC1)Cc1ccc(Br)cc1F. The minimum Gasteiger partial charge on any atom is -0.380 e. The molecule has 1 aliphatic carbocycles. The van der Waals surface area contributed by atoms with E-state index in [1.54, 1.807) is 0 Å². The van der Waals surface area contributed by atoms with Gasteiger partial charge in [0.25, 0.3) is 0 Å². The molecule has 2 rings (SSSR count). The molecule has 1 saturated carbocycles. The molecular formula is C14H19BrFNO. The number of halogens is 2. The second-order valence-electron chi connectivity index (χ2n) is 4.99. The van der Waals surface area contributed by atoms with Crippen molar-refractivity contribution in [3.05, 3.63) is 34.1 Å². The van der Waals surface area contributed by atoms with E-state index in [-0.39, 0.29) is 5.82 Å².